The van der Waals surface area contributed by atoms with E-state index in [0.717, 1.165) is 11.1 Å². The summed E-state index contributed by atoms with van der Waals surface area (Å²) < 4.78 is 33.1. The topological polar surface area (TPSA) is 25.8 Å². The summed E-state index contributed by atoms with van der Waals surface area (Å²) >= 11 is 3.14. The first kappa shape index (κ1) is 11.7. The van der Waals surface area contributed by atoms with Crippen LogP contribution in [0.1, 0.15) is 5.48 Å². The Kier molecular flexibility index (Phi) is 3.28. The van der Waals surface area contributed by atoms with Crippen LogP contribution in [0.3, 0.4) is 0 Å². The molecule has 3 heteroatoms. The Balaban J connectivity index is 2.02. The summed E-state index contributed by atoms with van der Waals surface area (Å²) in [6.45, 7) is 0. The maximum absolute atomic E-state index is 8.38. The van der Waals surface area contributed by atoms with Gasteiger partial charge in [0.15, 0.2) is 5.82 Å². The highest BCUT2D eigenvalue weighted by Gasteiger charge is 2.10. The van der Waals surface area contributed by atoms with Crippen molar-refractivity contribution in [1.82, 2.24) is 9.97 Å². The lowest BCUT2D eigenvalue weighted by atomic mass is 10.1. The van der Waals surface area contributed by atoms with Gasteiger partial charge in [-0.3, -0.25) is 0 Å². The Morgan fingerprint density at radius 2 is 1.16 bits per heavy atom. The Morgan fingerprint density at radius 1 is 0.640 bits per heavy atom. The Hall–Kier alpha value is -2.78. The van der Waals surface area contributed by atoms with Crippen LogP contribution >= 0.6 is 15.9 Å². The molecule has 1 heterocycles. The number of aromatic nitrogens is 2. The second-order valence-electron chi connectivity index (χ2n) is 5.38. The molecular weight excluding hydrogens is 372 g/mol. The molecule has 0 aliphatic rings. The van der Waals surface area contributed by atoms with Gasteiger partial charge in [0.05, 0.1) is 16.9 Å². The summed E-state index contributed by atoms with van der Waals surface area (Å²) in [5.74, 6) is 0.460. The van der Waals surface area contributed by atoms with Gasteiger partial charge < -0.3 is 0 Å². The summed E-state index contributed by atoms with van der Waals surface area (Å²) in [6.07, 6.45) is 0. The Morgan fingerprint density at radius 3 is 1.76 bits per heavy atom. The third-order valence-corrected chi connectivity index (χ3v) is 4.07. The first-order chi connectivity index (χ1) is 14.0. The minimum absolute atomic E-state index is 0.136. The average molecular weight is 391 g/mol. The van der Waals surface area contributed by atoms with Crippen molar-refractivity contribution < 1.29 is 5.48 Å². The monoisotopic (exact) mass is 390 g/mol. The van der Waals surface area contributed by atoms with Crippen LogP contribution in [0.4, 0.5) is 0 Å². The normalized spacial score (nSPS) is 12.8. The van der Waals surface area contributed by atoms with E-state index < -0.39 is 0 Å². The van der Waals surface area contributed by atoms with E-state index in [1.165, 1.54) is 0 Å². The maximum atomic E-state index is 8.38. The van der Waals surface area contributed by atoms with Crippen molar-refractivity contribution in [3.63, 3.8) is 0 Å². The van der Waals surface area contributed by atoms with E-state index in [4.69, 9.17) is 5.48 Å². The molecule has 0 unspecified atom stereocenters. The summed E-state index contributed by atoms with van der Waals surface area (Å²) in [5.41, 5.74) is 2.83. The standard InChI is InChI=1S/C22H15BrN2/c23-19-13-11-17(12-14-19)21-15-20(16-7-3-1-4-8-16)24-22(25-21)18-9-5-2-6-10-18/h1-15H/i11D,12D,13D,14D. The number of benzene rings is 3. The summed E-state index contributed by atoms with van der Waals surface area (Å²) in [4.78, 5) is 9.28. The molecule has 0 aliphatic carbocycles. The van der Waals surface area contributed by atoms with Crippen LogP contribution in [0.25, 0.3) is 33.9 Å². The van der Waals surface area contributed by atoms with Crippen LogP contribution in [0.2, 0.25) is 0 Å². The van der Waals surface area contributed by atoms with E-state index >= 15 is 0 Å². The van der Waals surface area contributed by atoms with Gasteiger partial charge in [-0.2, -0.15) is 0 Å². The molecule has 0 bridgehead atoms. The highest BCUT2D eigenvalue weighted by molar-refractivity contribution is 9.10. The number of hydrogen-bond acceptors (Lipinski definition) is 2. The van der Waals surface area contributed by atoms with Crippen LogP contribution < -0.4 is 0 Å². The van der Waals surface area contributed by atoms with Crippen LogP contribution in [0.15, 0.2) is 95.4 Å². The molecule has 0 saturated carbocycles. The summed E-state index contributed by atoms with van der Waals surface area (Å²) in [7, 11) is 0. The molecule has 3 aromatic carbocycles. The lowest BCUT2D eigenvalue weighted by Gasteiger charge is -2.09. The maximum Gasteiger partial charge on any atom is 0.160 e. The quantitative estimate of drug-likeness (QED) is 0.413. The van der Waals surface area contributed by atoms with E-state index in [1.54, 1.807) is 6.07 Å². The van der Waals surface area contributed by atoms with Crippen molar-refractivity contribution in [3.8, 4) is 33.9 Å². The fraction of sp³-hybridized carbons (Fsp3) is 0. The number of rotatable bonds is 3. The number of nitrogens with zero attached hydrogens (tertiary/aromatic N) is 2. The van der Waals surface area contributed by atoms with E-state index in [2.05, 4.69) is 25.9 Å². The van der Waals surface area contributed by atoms with Crippen LogP contribution in [0.5, 0.6) is 0 Å². The van der Waals surface area contributed by atoms with Crippen molar-refractivity contribution in [2.24, 2.45) is 0 Å². The molecule has 0 saturated heterocycles. The minimum Gasteiger partial charge on any atom is -0.228 e. The zero-order chi connectivity index (χ0) is 20.5. The second-order valence-corrected chi connectivity index (χ2v) is 6.18. The molecule has 120 valence electrons. The van der Waals surface area contributed by atoms with E-state index in [-0.39, 0.29) is 34.2 Å². The fourth-order valence-corrected chi connectivity index (χ4v) is 2.67. The Labute approximate surface area is 161 Å². The van der Waals surface area contributed by atoms with E-state index in [9.17, 15) is 0 Å². The van der Waals surface area contributed by atoms with Gasteiger partial charge in [-0.25, -0.2) is 9.97 Å². The van der Waals surface area contributed by atoms with Crippen molar-refractivity contribution in [3.05, 3.63) is 95.4 Å². The van der Waals surface area contributed by atoms with Crippen LogP contribution in [-0.4, -0.2) is 9.97 Å². The molecule has 0 radical (unpaired) electrons. The minimum atomic E-state index is -0.144. The fourth-order valence-electron chi connectivity index (χ4n) is 2.47. The molecule has 0 spiro atoms. The van der Waals surface area contributed by atoms with Crippen LogP contribution in [0, 0.1) is 0 Å². The molecule has 1 aromatic heterocycles. The second kappa shape index (κ2) is 6.99. The zero-order valence-electron chi connectivity index (χ0n) is 17.1. The predicted octanol–water partition coefficient (Wildman–Crippen LogP) is 6.24. The van der Waals surface area contributed by atoms with Crippen molar-refractivity contribution in [1.29, 1.82) is 0 Å². The largest absolute Gasteiger partial charge is 0.228 e. The van der Waals surface area contributed by atoms with Gasteiger partial charge in [0.25, 0.3) is 0 Å². The van der Waals surface area contributed by atoms with Crippen molar-refractivity contribution in [2.75, 3.05) is 0 Å². The van der Waals surface area contributed by atoms with Gasteiger partial charge in [-0.15, -0.1) is 0 Å². The van der Waals surface area contributed by atoms with Gasteiger partial charge >= 0.3 is 0 Å². The van der Waals surface area contributed by atoms with Gasteiger partial charge in [-0.05, 0) is 18.2 Å². The van der Waals surface area contributed by atoms with Crippen molar-refractivity contribution >= 4 is 15.9 Å². The summed E-state index contributed by atoms with van der Waals surface area (Å²) in [5, 5.41) is 0. The lowest BCUT2D eigenvalue weighted by Crippen LogP contribution is -1.95. The van der Waals surface area contributed by atoms with Crippen molar-refractivity contribution in [2.45, 2.75) is 0 Å². The molecule has 0 atom stereocenters. The molecule has 25 heavy (non-hydrogen) atoms. The highest BCUT2D eigenvalue weighted by Crippen LogP contribution is 2.28. The predicted molar refractivity (Wildman–Crippen MR) is 106 cm³/mol. The third-order valence-electron chi connectivity index (χ3n) is 3.68. The van der Waals surface area contributed by atoms with Gasteiger partial charge in [0, 0.05) is 21.2 Å². The average Bonchev–Trinajstić information content (AvgIpc) is 2.77. The molecule has 0 fully saturated rings. The first-order valence-electron chi connectivity index (χ1n) is 9.73. The molecule has 4 rings (SSSR count). The molecular formula is C22H15BrN2. The van der Waals surface area contributed by atoms with Crippen LogP contribution in [-0.2, 0) is 0 Å². The van der Waals surface area contributed by atoms with Gasteiger partial charge in [0.1, 0.15) is 0 Å². The smallest absolute Gasteiger partial charge is 0.160 e. The molecule has 4 aromatic rings. The molecule has 2 nitrogen and oxygen atoms in total. The molecule has 0 aliphatic heterocycles. The third kappa shape index (κ3) is 3.52. The van der Waals surface area contributed by atoms with E-state index in [1.807, 2.05) is 60.7 Å². The number of halogens is 1. The SMILES string of the molecule is [2H]c1c([2H])c(-c2cc(-c3ccccc3)nc(-c3ccccc3)n2)c([2H])c([2H])c1Br. The number of hydrogen-bond donors (Lipinski definition) is 0. The van der Waals surface area contributed by atoms with Gasteiger partial charge in [-0.1, -0.05) is 88.7 Å². The molecule has 0 N–H and O–H groups in total. The van der Waals surface area contributed by atoms with E-state index in [0.29, 0.717) is 17.2 Å². The van der Waals surface area contributed by atoms with Gasteiger partial charge in [0.2, 0.25) is 0 Å². The zero-order valence-corrected chi connectivity index (χ0v) is 14.7. The first-order valence-corrected chi connectivity index (χ1v) is 8.53. The molecule has 0 amide bonds. The lowest BCUT2D eigenvalue weighted by molar-refractivity contribution is 1.18. The highest BCUT2D eigenvalue weighted by atomic mass is 79.9. The Bertz CT molecular complexity index is 1110. The summed E-state index contributed by atoms with van der Waals surface area (Å²) in [6, 6.07) is 20.2.